The Balaban J connectivity index is 2.70. The fraction of sp³-hybridized carbons (Fsp3) is 0. The van der Waals surface area contributed by atoms with Crippen LogP contribution in [0.15, 0.2) is 22.9 Å². The molecule has 0 aliphatic heterocycles. The molecule has 0 saturated carbocycles. The zero-order valence-electron chi connectivity index (χ0n) is 6.41. The van der Waals surface area contributed by atoms with Gasteiger partial charge < -0.3 is 10.1 Å². The summed E-state index contributed by atoms with van der Waals surface area (Å²) in [4.78, 5) is 17.3. The number of aromatic carboxylic acids is 1. The largest absolute Gasteiger partial charge is 0.477 e. The Morgan fingerprint density at radius 2 is 2.38 bits per heavy atom. The highest BCUT2D eigenvalue weighted by molar-refractivity contribution is 9.10. The highest BCUT2D eigenvalue weighted by Crippen LogP contribution is 2.22. The van der Waals surface area contributed by atoms with Gasteiger partial charge in [-0.05, 0) is 22.0 Å². The highest BCUT2D eigenvalue weighted by Gasteiger charge is 2.07. The molecule has 0 aromatic carbocycles. The van der Waals surface area contributed by atoms with Gasteiger partial charge in [0.05, 0.1) is 5.52 Å². The van der Waals surface area contributed by atoms with E-state index in [1.54, 1.807) is 6.20 Å². The van der Waals surface area contributed by atoms with Gasteiger partial charge in [-0.3, -0.25) is 0 Å². The van der Waals surface area contributed by atoms with Crippen molar-refractivity contribution in [2.45, 2.75) is 0 Å². The Kier molecular flexibility index (Phi) is 1.81. The minimum atomic E-state index is -1.02. The maximum Gasteiger partial charge on any atom is 0.354 e. The van der Waals surface area contributed by atoms with Gasteiger partial charge in [-0.1, -0.05) is 0 Å². The summed E-state index contributed by atoms with van der Waals surface area (Å²) in [5.41, 5.74) is 0.807. The van der Waals surface area contributed by atoms with E-state index in [-0.39, 0.29) is 5.69 Å². The molecule has 0 atom stereocenters. The van der Waals surface area contributed by atoms with Gasteiger partial charge in [0.25, 0.3) is 0 Å². The topological polar surface area (TPSA) is 66.0 Å². The summed E-state index contributed by atoms with van der Waals surface area (Å²) in [5.74, 6) is -1.02. The molecule has 0 aliphatic rings. The second kappa shape index (κ2) is 2.85. The predicted molar refractivity (Wildman–Crippen MR) is 50.8 cm³/mol. The number of carboxylic acid groups (broad SMARTS) is 1. The molecule has 2 aromatic heterocycles. The number of fused-ring (bicyclic) bond motifs is 1. The van der Waals surface area contributed by atoms with Crippen LogP contribution in [0.1, 0.15) is 10.5 Å². The first-order chi connectivity index (χ1) is 6.18. The molecule has 2 heterocycles. The average Bonchev–Trinajstić information content (AvgIpc) is 2.47. The van der Waals surface area contributed by atoms with Gasteiger partial charge in [0.2, 0.25) is 0 Å². The Morgan fingerprint density at radius 1 is 1.62 bits per heavy atom. The van der Waals surface area contributed by atoms with Gasteiger partial charge in [-0.15, -0.1) is 0 Å². The normalized spacial score (nSPS) is 10.5. The lowest BCUT2D eigenvalue weighted by atomic mass is 10.3. The van der Waals surface area contributed by atoms with Crippen molar-refractivity contribution in [3.8, 4) is 0 Å². The molecule has 2 rings (SSSR count). The first kappa shape index (κ1) is 8.25. The lowest BCUT2D eigenvalue weighted by Crippen LogP contribution is -1.98. The molecule has 2 N–H and O–H groups in total. The standard InChI is InChI=1S/C8H5BrN2O2/c9-5-3-11-6-1-7(8(12)13)10-2-4(5)6/h1-3,11H,(H,12,13). The van der Waals surface area contributed by atoms with Crippen molar-refractivity contribution >= 4 is 32.8 Å². The molecule has 0 unspecified atom stereocenters. The molecule has 0 radical (unpaired) electrons. The fourth-order valence-corrected chi connectivity index (χ4v) is 1.53. The molecule has 5 heteroatoms. The van der Waals surface area contributed by atoms with E-state index >= 15 is 0 Å². The predicted octanol–water partition coefficient (Wildman–Crippen LogP) is 2.02. The summed E-state index contributed by atoms with van der Waals surface area (Å²) >= 11 is 3.31. The number of hydrogen-bond acceptors (Lipinski definition) is 2. The first-order valence-electron chi connectivity index (χ1n) is 3.54. The SMILES string of the molecule is O=C(O)c1cc2[nH]cc(Br)c2cn1. The van der Waals surface area contributed by atoms with Crippen LogP contribution in [0.5, 0.6) is 0 Å². The van der Waals surface area contributed by atoms with E-state index in [4.69, 9.17) is 5.11 Å². The molecule has 0 spiro atoms. The van der Waals surface area contributed by atoms with Crippen molar-refractivity contribution in [1.29, 1.82) is 0 Å². The third-order valence-corrected chi connectivity index (χ3v) is 2.39. The number of nitrogens with one attached hydrogen (secondary N) is 1. The van der Waals surface area contributed by atoms with Crippen molar-refractivity contribution < 1.29 is 9.90 Å². The third-order valence-electron chi connectivity index (χ3n) is 1.73. The molecule has 0 saturated heterocycles. The van der Waals surface area contributed by atoms with Crippen molar-refractivity contribution in [2.24, 2.45) is 0 Å². The van der Waals surface area contributed by atoms with E-state index in [1.807, 2.05) is 0 Å². The zero-order chi connectivity index (χ0) is 9.42. The van der Waals surface area contributed by atoms with Crippen LogP contribution in [-0.4, -0.2) is 21.0 Å². The lowest BCUT2D eigenvalue weighted by Gasteiger charge is -1.93. The van der Waals surface area contributed by atoms with Crippen LogP contribution in [-0.2, 0) is 0 Å². The van der Waals surface area contributed by atoms with Gasteiger partial charge in [-0.25, -0.2) is 9.78 Å². The number of pyridine rings is 1. The molecule has 0 amide bonds. The molecule has 2 aromatic rings. The second-order valence-electron chi connectivity index (χ2n) is 2.56. The van der Waals surface area contributed by atoms with Gasteiger partial charge in [0.1, 0.15) is 5.69 Å². The number of hydrogen-bond donors (Lipinski definition) is 2. The molecule has 0 bridgehead atoms. The molecule has 4 nitrogen and oxygen atoms in total. The van der Waals surface area contributed by atoms with Crippen LogP contribution < -0.4 is 0 Å². The maximum absolute atomic E-state index is 10.6. The van der Waals surface area contributed by atoms with Crippen molar-refractivity contribution in [1.82, 2.24) is 9.97 Å². The van der Waals surface area contributed by atoms with Gasteiger partial charge in [0, 0.05) is 22.3 Å². The van der Waals surface area contributed by atoms with Crippen molar-refractivity contribution in [3.63, 3.8) is 0 Å². The summed E-state index contributed by atoms with van der Waals surface area (Å²) in [6, 6.07) is 1.50. The van der Waals surface area contributed by atoms with Crippen LogP contribution in [0.2, 0.25) is 0 Å². The number of halogens is 1. The smallest absolute Gasteiger partial charge is 0.354 e. The quantitative estimate of drug-likeness (QED) is 0.802. The molecular weight excluding hydrogens is 236 g/mol. The van der Waals surface area contributed by atoms with E-state index < -0.39 is 5.97 Å². The van der Waals surface area contributed by atoms with E-state index in [0.717, 1.165) is 15.4 Å². The van der Waals surface area contributed by atoms with E-state index in [2.05, 4.69) is 25.9 Å². The first-order valence-corrected chi connectivity index (χ1v) is 4.33. The Labute approximate surface area is 81.7 Å². The zero-order valence-corrected chi connectivity index (χ0v) is 8.00. The van der Waals surface area contributed by atoms with E-state index in [0.29, 0.717) is 0 Å². The number of aromatic nitrogens is 2. The van der Waals surface area contributed by atoms with Crippen LogP contribution in [0.25, 0.3) is 10.9 Å². The fourth-order valence-electron chi connectivity index (χ4n) is 1.10. The van der Waals surface area contributed by atoms with E-state index in [1.165, 1.54) is 12.3 Å². The number of nitrogens with zero attached hydrogens (tertiary/aromatic N) is 1. The Hall–Kier alpha value is -1.36. The molecule has 66 valence electrons. The summed E-state index contributed by atoms with van der Waals surface area (Å²) in [6.07, 6.45) is 3.28. The van der Waals surface area contributed by atoms with Gasteiger partial charge in [-0.2, -0.15) is 0 Å². The molecule has 13 heavy (non-hydrogen) atoms. The van der Waals surface area contributed by atoms with E-state index in [9.17, 15) is 4.79 Å². The maximum atomic E-state index is 10.6. The Bertz CT molecular complexity index is 478. The number of H-pyrrole nitrogens is 1. The third kappa shape index (κ3) is 1.31. The van der Waals surface area contributed by atoms with Crippen LogP contribution >= 0.6 is 15.9 Å². The van der Waals surface area contributed by atoms with Crippen molar-refractivity contribution in [3.05, 3.63) is 28.6 Å². The number of carbonyl (C=O) groups is 1. The minimum Gasteiger partial charge on any atom is -0.477 e. The lowest BCUT2D eigenvalue weighted by molar-refractivity contribution is 0.0690. The summed E-state index contributed by atoms with van der Waals surface area (Å²) in [5, 5.41) is 9.54. The number of carboxylic acids is 1. The van der Waals surface area contributed by atoms with Crippen LogP contribution in [0, 0.1) is 0 Å². The van der Waals surface area contributed by atoms with Gasteiger partial charge in [0.15, 0.2) is 0 Å². The number of rotatable bonds is 1. The van der Waals surface area contributed by atoms with Crippen LogP contribution in [0.4, 0.5) is 0 Å². The van der Waals surface area contributed by atoms with Crippen molar-refractivity contribution in [2.75, 3.05) is 0 Å². The highest BCUT2D eigenvalue weighted by atomic mass is 79.9. The summed E-state index contributed by atoms with van der Waals surface area (Å²) < 4.78 is 0.881. The molecule has 0 aliphatic carbocycles. The monoisotopic (exact) mass is 240 g/mol. The Morgan fingerprint density at radius 3 is 3.08 bits per heavy atom. The molecular formula is C8H5BrN2O2. The van der Waals surface area contributed by atoms with Gasteiger partial charge >= 0.3 is 5.97 Å². The number of aromatic amines is 1. The second-order valence-corrected chi connectivity index (χ2v) is 3.41. The summed E-state index contributed by atoms with van der Waals surface area (Å²) in [7, 11) is 0. The minimum absolute atomic E-state index is 0.0434. The molecule has 0 fully saturated rings. The summed E-state index contributed by atoms with van der Waals surface area (Å²) in [6.45, 7) is 0. The van der Waals surface area contributed by atoms with Crippen LogP contribution in [0.3, 0.4) is 0 Å². The average molecular weight is 241 g/mol.